The SMILES string of the molecule is CCN(c1cccc(C)c1)c1cc(C(=O)NCCCOC)ncn1. The number of hydrogen-bond donors (Lipinski definition) is 1. The smallest absolute Gasteiger partial charge is 0.270 e. The van der Waals surface area contributed by atoms with E-state index in [9.17, 15) is 4.79 Å². The van der Waals surface area contributed by atoms with Gasteiger partial charge in [-0.2, -0.15) is 0 Å². The van der Waals surface area contributed by atoms with Gasteiger partial charge in [-0.25, -0.2) is 9.97 Å². The van der Waals surface area contributed by atoms with Crippen molar-refractivity contribution in [3.05, 3.63) is 47.9 Å². The van der Waals surface area contributed by atoms with Gasteiger partial charge in [-0.05, 0) is 38.0 Å². The minimum Gasteiger partial charge on any atom is -0.385 e. The number of amides is 1. The van der Waals surface area contributed by atoms with Crippen molar-refractivity contribution in [1.29, 1.82) is 0 Å². The maximum Gasteiger partial charge on any atom is 0.270 e. The van der Waals surface area contributed by atoms with E-state index in [0.29, 0.717) is 24.7 Å². The molecule has 1 amide bonds. The predicted molar refractivity (Wildman–Crippen MR) is 94.7 cm³/mol. The van der Waals surface area contributed by atoms with Gasteiger partial charge >= 0.3 is 0 Å². The van der Waals surface area contributed by atoms with Gasteiger partial charge in [0.05, 0.1) is 0 Å². The monoisotopic (exact) mass is 328 g/mol. The summed E-state index contributed by atoms with van der Waals surface area (Å²) in [5.74, 6) is 0.509. The molecule has 6 nitrogen and oxygen atoms in total. The standard InChI is InChI=1S/C18H24N4O2/c1-4-22(15-8-5-7-14(2)11-15)17-12-16(20-13-21-17)18(23)19-9-6-10-24-3/h5,7-8,11-13H,4,6,9-10H2,1-3H3,(H,19,23). The third-order valence-corrected chi connectivity index (χ3v) is 3.60. The zero-order valence-electron chi connectivity index (χ0n) is 14.5. The summed E-state index contributed by atoms with van der Waals surface area (Å²) in [6, 6.07) is 9.91. The highest BCUT2D eigenvalue weighted by molar-refractivity contribution is 5.93. The molecule has 0 fully saturated rings. The van der Waals surface area contributed by atoms with Crippen LogP contribution in [0.2, 0.25) is 0 Å². The minimum atomic E-state index is -0.199. The molecule has 24 heavy (non-hydrogen) atoms. The van der Waals surface area contributed by atoms with Gasteiger partial charge in [-0.1, -0.05) is 12.1 Å². The first-order valence-electron chi connectivity index (χ1n) is 8.09. The fraction of sp³-hybridized carbons (Fsp3) is 0.389. The Morgan fingerprint density at radius 3 is 2.83 bits per heavy atom. The fourth-order valence-corrected chi connectivity index (χ4v) is 2.40. The summed E-state index contributed by atoms with van der Waals surface area (Å²) in [4.78, 5) is 22.7. The molecular formula is C18H24N4O2. The zero-order chi connectivity index (χ0) is 17.4. The van der Waals surface area contributed by atoms with Crippen LogP contribution >= 0.6 is 0 Å². The van der Waals surface area contributed by atoms with Crippen molar-refractivity contribution >= 4 is 17.4 Å². The lowest BCUT2D eigenvalue weighted by atomic mass is 10.2. The molecule has 0 aliphatic carbocycles. The van der Waals surface area contributed by atoms with Crippen molar-refractivity contribution in [1.82, 2.24) is 15.3 Å². The number of nitrogens with one attached hydrogen (secondary N) is 1. The quantitative estimate of drug-likeness (QED) is 0.755. The summed E-state index contributed by atoms with van der Waals surface area (Å²) in [5, 5.41) is 2.84. The minimum absolute atomic E-state index is 0.199. The second-order valence-corrected chi connectivity index (χ2v) is 5.45. The molecule has 6 heteroatoms. The van der Waals surface area contributed by atoms with Crippen molar-refractivity contribution in [3.8, 4) is 0 Å². The van der Waals surface area contributed by atoms with E-state index in [1.807, 2.05) is 12.1 Å². The lowest BCUT2D eigenvalue weighted by Crippen LogP contribution is -2.27. The maximum atomic E-state index is 12.2. The first-order valence-corrected chi connectivity index (χ1v) is 8.09. The fourth-order valence-electron chi connectivity index (χ4n) is 2.40. The Labute approximate surface area is 142 Å². The number of benzene rings is 1. The molecule has 0 saturated carbocycles. The molecule has 2 aromatic rings. The summed E-state index contributed by atoms with van der Waals surface area (Å²) in [5.41, 5.74) is 2.59. The van der Waals surface area contributed by atoms with Crippen molar-refractivity contribution in [2.75, 3.05) is 31.7 Å². The predicted octanol–water partition coefficient (Wildman–Crippen LogP) is 2.71. The third-order valence-electron chi connectivity index (χ3n) is 3.60. The molecule has 1 aromatic carbocycles. The van der Waals surface area contributed by atoms with E-state index in [1.165, 1.54) is 11.9 Å². The van der Waals surface area contributed by atoms with Crippen molar-refractivity contribution in [2.45, 2.75) is 20.3 Å². The highest BCUT2D eigenvalue weighted by Crippen LogP contribution is 2.24. The van der Waals surface area contributed by atoms with E-state index in [-0.39, 0.29) is 5.91 Å². The Morgan fingerprint density at radius 2 is 2.12 bits per heavy atom. The van der Waals surface area contributed by atoms with Gasteiger partial charge in [-0.15, -0.1) is 0 Å². The molecule has 128 valence electrons. The van der Waals surface area contributed by atoms with Crippen LogP contribution in [0, 0.1) is 6.92 Å². The number of nitrogens with zero attached hydrogens (tertiary/aromatic N) is 3. The molecule has 0 saturated heterocycles. The Bertz CT molecular complexity index is 676. The van der Waals surface area contributed by atoms with E-state index in [4.69, 9.17) is 4.74 Å². The Hall–Kier alpha value is -2.47. The highest BCUT2D eigenvalue weighted by atomic mass is 16.5. The van der Waals surface area contributed by atoms with Gasteiger partial charge in [0.1, 0.15) is 17.8 Å². The maximum absolute atomic E-state index is 12.2. The van der Waals surface area contributed by atoms with E-state index < -0.39 is 0 Å². The van der Waals surface area contributed by atoms with Crippen LogP contribution in [0.3, 0.4) is 0 Å². The van der Waals surface area contributed by atoms with Crippen LogP contribution in [0.5, 0.6) is 0 Å². The number of ether oxygens (including phenoxy) is 1. The second kappa shape index (κ2) is 8.98. The molecule has 0 radical (unpaired) electrons. The van der Waals surface area contributed by atoms with Crippen molar-refractivity contribution in [3.63, 3.8) is 0 Å². The van der Waals surface area contributed by atoms with Crippen LogP contribution in [-0.4, -0.2) is 42.7 Å². The number of carbonyl (C=O) groups excluding carboxylic acids is 1. The third kappa shape index (κ3) is 4.76. The molecule has 0 aliphatic rings. The van der Waals surface area contributed by atoms with Crippen LogP contribution in [0.15, 0.2) is 36.7 Å². The molecule has 2 rings (SSSR count). The van der Waals surface area contributed by atoms with Gasteiger partial charge in [0.2, 0.25) is 0 Å². The Balaban J connectivity index is 2.14. The first-order chi connectivity index (χ1) is 11.7. The number of methoxy groups -OCH3 is 1. The molecule has 0 bridgehead atoms. The highest BCUT2D eigenvalue weighted by Gasteiger charge is 2.13. The normalized spacial score (nSPS) is 10.5. The summed E-state index contributed by atoms with van der Waals surface area (Å²) < 4.78 is 4.97. The van der Waals surface area contributed by atoms with E-state index in [1.54, 1.807) is 13.2 Å². The number of anilines is 2. The lowest BCUT2D eigenvalue weighted by molar-refractivity contribution is 0.0943. The molecular weight excluding hydrogens is 304 g/mol. The topological polar surface area (TPSA) is 67.4 Å². The average Bonchev–Trinajstić information content (AvgIpc) is 2.60. The molecule has 0 unspecified atom stereocenters. The average molecular weight is 328 g/mol. The molecule has 1 N–H and O–H groups in total. The molecule has 0 spiro atoms. The van der Waals surface area contributed by atoms with Crippen LogP contribution in [-0.2, 0) is 4.74 Å². The van der Waals surface area contributed by atoms with Gasteiger partial charge in [0, 0.05) is 38.6 Å². The molecule has 1 heterocycles. The van der Waals surface area contributed by atoms with E-state index in [0.717, 1.165) is 18.7 Å². The lowest BCUT2D eigenvalue weighted by Gasteiger charge is -2.22. The molecule has 1 aromatic heterocycles. The molecule has 0 atom stereocenters. The largest absolute Gasteiger partial charge is 0.385 e. The van der Waals surface area contributed by atoms with Crippen molar-refractivity contribution in [2.24, 2.45) is 0 Å². The van der Waals surface area contributed by atoms with E-state index >= 15 is 0 Å². The number of hydrogen-bond acceptors (Lipinski definition) is 5. The number of aromatic nitrogens is 2. The first kappa shape index (κ1) is 17.9. The molecule has 0 aliphatic heterocycles. The van der Waals surface area contributed by atoms with Gasteiger partial charge in [-0.3, -0.25) is 4.79 Å². The number of rotatable bonds is 8. The van der Waals surface area contributed by atoms with Crippen LogP contribution in [0.4, 0.5) is 11.5 Å². The second-order valence-electron chi connectivity index (χ2n) is 5.45. The van der Waals surface area contributed by atoms with Crippen LogP contribution in [0.1, 0.15) is 29.4 Å². The van der Waals surface area contributed by atoms with Gasteiger partial charge in [0.15, 0.2) is 0 Å². The summed E-state index contributed by atoms with van der Waals surface area (Å²) >= 11 is 0. The Morgan fingerprint density at radius 1 is 1.29 bits per heavy atom. The van der Waals surface area contributed by atoms with Crippen molar-refractivity contribution < 1.29 is 9.53 Å². The number of carbonyl (C=O) groups is 1. The zero-order valence-corrected chi connectivity index (χ0v) is 14.5. The number of aryl methyl sites for hydroxylation is 1. The summed E-state index contributed by atoms with van der Waals surface area (Å²) in [6.45, 7) is 6.02. The Kier molecular flexibility index (Phi) is 6.69. The summed E-state index contributed by atoms with van der Waals surface area (Å²) in [6.07, 6.45) is 2.20. The van der Waals surface area contributed by atoms with Gasteiger partial charge in [0.25, 0.3) is 5.91 Å². The van der Waals surface area contributed by atoms with Gasteiger partial charge < -0.3 is 15.0 Å². The van der Waals surface area contributed by atoms with E-state index in [2.05, 4.69) is 46.2 Å². The van der Waals surface area contributed by atoms with Crippen LogP contribution < -0.4 is 10.2 Å². The summed E-state index contributed by atoms with van der Waals surface area (Å²) in [7, 11) is 1.64. The van der Waals surface area contributed by atoms with Crippen LogP contribution in [0.25, 0.3) is 0 Å².